The highest BCUT2D eigenvalue weighted by atomic mass is 35.5. The molecule has 98 valence electrons. The van der Waals surface area contributed by atoms with E-state index < -0.39 is 18.0 Å². The number of carboxylic acid groups (broad SMARTS) is 1. The zero-order chi connectivity index (χ0) is 13.7. The summed E-state index contributed by atoms with van der Waals surface area (Å²) in [4.78, 5) is 22.4. The van der Waals surface area contributed by atoms with Gasteiger partial charge >= 0.3 is 11.9 Å². The topological polar surface area (TPSA) is 72.8 Å². The molecule has 0 aliphatic heterocycles. The van der Waals surface area contributed by atoms with E-state index in [0.29, 0.717) is 0 Å². The Kier molecular flexibility index (Phi) is 4.97. The van der Waals surface area contributed by atoms with E-state index in [9.17, 15) is 9.59 Å². The molecule has 0 aliphatic carbocycles. The van der Waals surface area contributed by atoms with Gasteiger partial charge in [0.05, 0.1) is 6.61 Å². The molecule has 0 spiro atoms. The van der Waals surface area contributed by atoms with Crippen molar-refractivity contribution in [1.82, 2.24) is 0 Å². The first kappa shape index (κ1) is 14.3. The Morgan fingerprint density at radius 2 is 2.11 bits per heavy atom. The van der Waals surface area contributed by atoms with Crippen LogP contribution in [0.15, 0.2) is 18.2 Å². The number of hydrogen-bond acceptors (Lipinski definition) is 4. The lowest BCUT2D eigenvalue weighted by atomic mass is 10.2. The molecule has 0 heterocycles. The minimum absolute atomic E-state index is 0.0763. The number of carbonyl (C=O) groups is 2. The summed E-state index contributed by atoms with van der Waals surface area (Å²) in [6.45, 7) is 3.40. The summed E-state index contributed by atoms with van der Waals surface area (Å²) in [5.74, 6) is -1.65. The van der Waals surface area contributed by atoms with Crippen LogP contribution in [-0.2, 0) is 9.53 Å². The fourth-order valence-electron chi connectivity index (χ4n) is 1.27. The standard InChI is InChI=1S/C12H13ClO5/c1-3-17-12(16)7(2)18-10-5-4-8(13)6-9(10)11(14)15/h4-7H,3H2,1-2H3,(H,14,15). The molecule has 1 N–H and O–H groups in total. The Morgan fingerprint density at radius 1 is 1.44 bits per heavy atom. The van der Waals surface area contributed by atoms with E-state index >= 15 is 0 Å². The van der Waals surface area contributed by atoms with Crippen LogP contribution in [0.4, 0.5) is 0 Å². The number of halogens is 1. The molecule has 5 nitrogen and oxygen atoms in total. The van der Waals surface area contributed by atoms with Crippen molar-refractivity contribution in [3.05, 3.63) is 28.8 Å². The summed E-state index contributed by atoms with van der Waals surface area (Å²) in [5, 5.41) is 9.27. The second-order valence-electron chi connectivity index (χ2n) is 3.46. The predicted octanol–water partition coefficient (Wildman–Crippen LogP) is 2.37. The van der Waals surface area contributed by atoms with Crippen molar-refractivity contribution in [2.45, 2.75) is 20.0 Å². The highest BCUT2D eigenvalue weighted by molar-refractivity contribution is 6.31. The lowest BCUT2D eigenvalue weighted by Gasteiger charge is -2.15. The maximum absolute atomic E-state index is 11.4. The molecular formula is C12H13ClO5. The van der Waals surface area contributed by atoms with Gasteiger partial charge in [0, 0.05) is 5.02 Å². The van der Waals surface area contributed by atoms with Crippen LogP contribution in [0.2, 0.25) is 5.02 Å². The van der Waals surface area contributed by atoms with E-state index in [-0.39, 0.29) is 22.9 Å². The first-order valence-corrected chi connectivity index (χ1v) is 5.69. The second-order valence-corrected chi connectivity index (χ2v) is 3.89. The van der Waals surface area contributed by atoms with E-state index in [2.05, 4.69) is 0 Å². The van der Waals surface area contributed by atoms with E-state index in [0.717, 1.165) is 0 Å². The van der Waals surface area contributed by atoms with Crippen molar-refractivity contribution in [2.24, 2.45) is 0 Å². The van der Waals surface area contributed by atoms with E-state index in [4.69, 9.17) is 26.2 Å². The van der Waals surface area contributed by atoms with E-state index in [1.807, 2.05) is 0 Å². The van der Waals surface area contributed by atoms with Gasteiger partial charge in [0.2, 0.25) is 0 Å². The number of hydrogen-bond donors (Lipinski definition) is 1. The highest BCUT2D eigenvalue weighted by Crippen LogP contribution is 2.24. The minimum atomic E-state index is -1.18. The minimum Gasteiger partial charge on any atom is -0.478 e. The average Bonchev–Trinajstić information content (AvgIpc) is 2.31. The van der Waals surface area contributed by atoms with E-state index in [1.165, 1.54) is 25.1 Å². The summed E-state index contributed by atoms with van der Waals surface area (Å²) in [6, 6.07) is 4.15. The van der Waals surface area contributed by atoms with Gasteiger partial charge < -0.3 is 14.6 Å². The van der Waals surface area contributed by atoms with Gasteiger partial charge in [-0.15, -0.1) is 0 Å². The predicted molar refractivity (Wildman–Crippen MR) is 65.1 cm³/mol. The maximum Gasteiger partial charge on any atom is 0.347 e. The number of carboxylic acids is 1. The molecule has 0 amide bonds. The maximum atomic E-state index is 11.4. The number of carbonyl (C=O) groups excluding carboxylic acids is 1. The van der Waals surface area contributed by atoms with Crippen LogP contribution in [-0.4, -0.2) is 29.8 Å². The number of esters is 1. The molecule has 0 saturated heterocycles. The Bertz CT molecular complexity index is 458. The van der Waals surface area contributed by atoms with Gasteiger partial charge in [-0.3, -0.25) is 0 Å². The fraction of sp³-hybridized carbons (Fsp3) is 0.333. The number of benzene rings is 1. The number of rotatable bonds is 5. The molecule has 0 radical (unpaired) electrons. The third-order valence-electron chi connectivity index (χ3n) is 2.09. The van der Waals surface area contributed by atoms with Gasteiger partial charge in [0.25, 0.3) is 0 Å². The van der Waals surface area contributed by atoms with Gasteiger partial charge in [-0.1, -0.05) is 11.6 Å². The molecule has 0 aromatic heterocycles. The Labute approximate surface area is 109 Å². The van der Waals surface area contributed by atoms with Crippen molar-refractivity contribution >= 4 is 23.5 Å². The molecule has 18 heavy (non-hydrogen) atoms. The van der Waals surface area contributed by atoms with Crippen LogP contribution >= 0.6 is 11.6 Å². The van der Waals surface area contributed by atoms with Crippen LogP contribution in [0, 0.1) is 0 Å². The summed E-state index contributed by atoms with van der Waals surface area (Å²) >= 11 is 5.70. The molecule has 1 aromatic rings. The van der Waals surface area contributed by atoms with Crippen molar-refractivity contribution in [3.63, 3.8) is 0 Å². The van der Waals surface area contributed by atoms with Crippen LogP contribution < -0.4 is 4.74 Å². The van der Waals surface area contributed by atoms with E-state index in [1.54, 1.807) is 6.92 Å². The molecule has 1 atom stereocenters. The molecule has 1 rings (SSSR count). The van der Waals surface area contributed by atoms with Crippen LogP contribution in [0.5, 0.6) is 5.75 Å². The Balaban J connectivity index is 2.90. The SMILES string of the molecule is CCOC(=O)C(C)Oc1ccc(Cl)cc1C(=O)O. The summed E-state index contributed by atoms with van der Waals surface area (Å²) in [7, 11) is 0. The van der Waals surface area contributed by atoms with Crippen molar-refractivity contribution in [3.8, 4) is 5.75 Å². The first-order valence-electron chi connectivity index (χ1n) is 5.31. The van der Waals surface area contributed by atoms with Crippen molar-refractivity contribution in [2.75, 3.05) is 6.61 Å². The molecule has 0 fully saturated rings. The van der Waals surface area contributed by atoms with Gasteiger partial charge in [-0.2, -0.15) is 0 Å². The van der Waals surface area contributed by atoms with Gasteiger partial charge in [0.15, 0.2) is 6.10 Å². The van der Waals surface area contributed by atoms with Crippen LogP contribution in [0.3, 0.4) is 0 Å². The molecule has 6 heteroatoms. The zero-order valence-electron chi connectivity index (χ0n) is 9.97. The fourth-order valence-corrected chi connectivity index (χ4v) is 1.44. The first-order chi connectivity index (χ1) is 8.45. The monoisotopic (exact) mass is 272 g/mol. The largest absolute Gasteiger partial charge is 0.478 e. The lowest BCUT2D eigenvalue weighted by molar-refractivity contribution is -0.150. The summed E-state index contributed by atoms with van der Waals surface area (Å²) in [6.07, 6.45) is -0.885. The van der Waals surface area contributed by atoms with Gasteiger partial charge in [0.1, 0.15) is 11.3 Å². The number of ether oxygens (including phenoxy) is 2. The summed E-state index contributed by atoms with van der Waals surface area (Å²) < 4.78 is 10.0. The lowest BCUT2D eigenvalue weighted by Crippen LogP contribution is -2.26. The third kappa shape index (κ3) is 3.63. The van der Waals surface area contributed by atoms with Crippen LogP contribution in [0.1, 0.15) is 24.2 Å². The highest BCUT2D eigenvalue weighted by Gasteiger charge is 2.19. The van der Waals surface area contributed by atoms with Gasteiger partial charge in [-0.25, -0.2) is 9.59 Å². The van der Waals surface area contributed by atoms with Crippen molar-refractivity contribution in [1.29, 1.82) is 0 Å². The third-order valence-corrected chi connectivity index (χ3v) is 2.33. The van der Waals surface area contributed by atoms with Crippen molar-refractivity contribution < 1.29 is 24.2 Å². The zero-order valence-corrected chi connectivity index (χ0v) is 10.7. The molecule has 0 bridgehead atoms. The Morgan fingerprint density at radius 3 is 2.67 bits per heavy atom. The quantitative estimate of drug-likeness (QED) is 0.833. The molecule has 1 unspecified atom stereocenters. The van der Waals surface area contributed by atoms with Crippen LogP contribution in [0.25, 0.3) is 0 Å². The molecule has 0 aliphatic rings. The normalized spacial score (nSPS) is 11.7. The number of aromatic carboxylic acids is 1. The smallest absolute Gasteiger partial charge is 0.347 e. The summed E-state index contributed by atoms with van der Waals surface area (Å²) in [5.41, 5.74) is -0.0985. The second kappa shape index (κ2) is 6.26. The molecular weight excluding hydrogens is 260 g/mol. The van der Waals surface area contributed by atoms with Gasteiger partial charge in [-0.05, 0) is 32.0 Å². The molecule has 1 aromatic carbocycles. The average molecular weight is 273 g/mol. The Hall–Kier alpha value is -1.75. The molecule has 0 saturated carbocycles.